The highest BCUT2D eigenvalue weighted by molar-refractivity contribution is 7.99. The quantitative estimate of drug-likeness (QED) is 0.666. The van der Waals surface area contributed by atoms with Gasteiger partial charge in [0.2, 0.25) is 0 Å². The van der Waals surface area contributed by atoms with Gasteiger partial charge in [-0.2, -0.15) is 11.8 Å². The van der Waals surface area contributed by atoms with Crippen LogP contribution in [0.2, 0.25) is 0 Å². The Kier molecular flexibility index (Phi) is 2.96. The zero-order chi connectivity index (χ0) is 9.97. The number of ether oxygens (including phenoxy) is 1. The van der Waals surface area contributed by atoms with Crippen LogP contribution < -0.4 is 0 Å². The molecule has 1 atom stereocenters. The van der Waals surface area contributed by atoms with Crippen molar-refractivity contribution >= 4 is 18.0 Å². The van der Waals surface area contributed by atoms with Crippen molar-refractivity contribution < 1.29 is 9.53 Å². The second-order valence-electron chi connectivity index (χ2n) is 3.70. The Morgan fingerprint density at radius 1 is 1.57 bits per heavy atom. The summed E-state index contributed by atoms with van der Waals surface area (Å²) in [6.45, 7) is 0. The number of thioether (sulfide) groups is 1. The fraction of sp³-hybridized carbons (Fsp3) is 0.545. The van der Waals surface area contributed by atoms with E-state index in [0.717, 1.165) is 36.9 Å². The largest absolute Gasteiger partial charge is 0.491 e. The number of aldehydes is 1. The van der Waals surface area contributed by atoms with E-state index < -0.39 is 0 Å². The van der Waals surface area contributed by atoms with Crippen LogP contribution in [-0.2, 0) is 9.53 Å². The van der Waals surface area contributed by atoms with Gasteiger partial charge in [0, 0.05) is 5.25 Å². The maximum Gasteiger partial charge on any atom is 0.146 e. The predicted octanol–water partition coefficient (Wildman–Crippen LogP) is 2.31. The molecule has 1 unspecified atom stereocenters. The van der Waals surface area contributed by atoms with Gasteiger partial charge in [-0.25, -0.2) is 0 Å². The van der Waals surface area contributed by atoms with E-state index in [1.807, 2.05) is 6.08 Å². The second-order valence-corrected chi connectivity index (χ2v) is 4.78. The molecule has 1 saturated carbocycles. The third kappa shape index (κ3) is 2.41. The van der Waals surface area contributed by atoms with Crippen molar-refractivity contribution in [3.8, 4) is 0 Å². The molecule has 0 heterocycles. The van der Waals surface area contributed by atoms with Crippen molar-refractivity contribution in [1.29, 1.82) is 0 Å². The standard InChI is InChI=1S/C11H14O2S/c1-14-11-5-8(7-12)4-10(6-11)13-9-2-3-9/h4,6-7,9,11H,2-3,5H2,1H3. The maximum atomic E-state index is 10.7. The van der Waals surface area contributed by atoms with Gasteiger partial charge in [0.25, 0.3) is 0 Å². The van der Waals surface area contributed by atoms with E-state index in [1.54, 1.807) is 11.8 Å². The normalized spacial score (nSPS) is 26.5. The first-order valence-electron chi connectivity index (χ1n) is 4.89. The summed E-state index contributed by atoms with van der Waals surface area (Å²) in [6.07, 6.45) is 10.6. The third-order valence-corrected chi connectivity index (χ3v) is 3.30. The number of rotatable bonds is 4. The van der Waals surface area contributed by atoms with Crippen molar-refractivity contribution in [2.24, 2.45) is 0 Å². The summed E-state index contributed by atoms with van der Waals surface area (Å²) in [5.41, 5.74) is 0.850. The summed E-state index contributed by atoms with van der Waals surface area (Å²) in [6, 6.07) is 0. The van der Waals surface area contributed by atoms with Gasteiger partial charge in [0.15, 0.2) is 0 Å². The molecule has 2 nitrogen and oxygen atoms in total. The highest BCUT2D eigenvalue weighted by Crippen LogP contribution is 2.31. The second kappa shape index (κ2) is 4.22. The third-order valence-electron chi connectivity index (χ3n) is 2.40. The lowest BCUT2D eigenvalue weighted by Gasteiger charge is -2.17. The topological polar surface area (TPSA) is 26.3 Å². The van der Waals surface area contributed by atoms with Crippen LogP contribution in [0.4, 0.5) is 0 Å². The average molecular weight is 210 g/mol. The van der Waals surface area contributed by atoms with E-state index in [9.17, 15) is 4.79 Å². The van der Waals surface area contributed by atoms with Gasteiger partial charge in [0.1, 0.15) is 12.0 Å². The summed E-state index contributed by atoms with van der Waals surface area (Å²) >= 11 is 1.76. The molecule has 0 N–H and O–H groups in total. The first kappa shape index (κ1) is 9.84. The summed E-state index contributed by atoms with van der Waals surface area (Å²) < 4.78 is 5.68. The van der Waals surface area contributed by atoms with Gasteiger partial charge >= 0.3 is 0 Å². The van der Waals surface area contributed by atoms with Gasteiger partial charge in [-0.15, -0.1) is 0 Å². The van der Waals surface area contributed by atoms with E-state index >= 15 is 0 Å². The maximum absolute atomic E-state index is 10.7. The van der Waals surface area contributed by atoms with E-state index in [2.05, 4.69) is 12.3 Å². The zero-order valence-electron chi connectivity index (χ0n) is 8.23. The minimum atomic E-state index is 0.397. The van der Waals surface area contributed by atoms with Gasteiger partial charge in [-0.1, -0.05) is 0 Å². The predicted molar refractivity (Wildman–Crippen MR) is 58.3 cm³/mol. The fourth-order valence-corrected chi connectivity index (χ4v) is 2.08. The van der Waals surface area contributed by atoms with Crippen LogP contribution in [0.3, 0.4) is 0 Å². The first-order valence-corrected chi connectivity index (χ1v) is 6.17. The highest BCUT2D eigenvalue weighted by Gasteiger charge is 2.25. The molecule has 0 aromatic heterocycles. The minimum Gasteiger partial charge on any atom is -0.491 e. The lowest BCUT2D eigenvalue weighted by Crippen LogP contribution is -2.09. The monoisotopic (exact) mass is 210 g/mol. The highest BCUT2D eigenvalue weighted by atomic mass is 32.2. The molecule has 3 heteroatoms. The van der Waals surface area contributed by atoms with Crippen molar-refractivity contribution in [2.75, 3.05) is 6.26 Å². The summed E-state index contributed by atoms with van der Waals surface area (Å²) in [7, 11) is 0. The summed E-state index contributed by atoms with van der Waals surface area (Å²) in [5, 5.41) is 0.397. The van der Waals surface area contributed by atoms with E-state index in [0.29, 0.717) is 11.4 Å². The molecular weight excluding hydrogens is 196 g/mol. The Hall–Kier alpha value is -0.700. The Labute approximate surface area is 88.4 Å². The molecule has 0 saturated heterocycles. The van der Waals surface area contributed by atoms with Crippen molar-refractivity contribution in [2.45, 2.75) is 30.6 Å². The number of carbonyl (C=O) groups excluding carboxylic acids is 1. The average Bonchev–Trinajstić information content (AvgIpc) is 3.01. The van der Waals surface area contributed by atoms with E-state index in [4.69, 9.17) is 4.74 Å². The fourth-order valence-electron chi connectivity index (χ4n) is 1.45. The Bertz CT molecular complexity index is 290. The number of hydrogen-bond donors (Lipinski definition) is 0. The molecule has 1 fully saturated rings. The molecule has 76 valence electrons. The lowest BCUT2D eigenvalue weighted by atomic mass is 10.1. The molecule has 0 amide bonds. The van der Waals surface area contributed by atoms with Crippen molar-refractivity contribution in [3.05, 3.63) is 23.5 Å². The van der Waals surface area contributed by atoms with Gasteiger partial charge < -0.3 is 4.74 Å². The molecule has 2 aliphatic rings. The molecule has 0 aromatic rings. The molecule has 2 rings (SSSR count). The number of carbonyl (C=O) groups is 1. The van der Waals surface area contributed by atoms with Gasteiger partial charge in [0.05, 0.1) is 6.10 Å². The lowest BCUT2D eigenvalue weighted by molar-refractivity contribution is -0.105. The molecule has 0 radical (unpaired) electrons. The molecule has 0 bridgehead atoms. The molecular formula is C11H14O2S. The molecule has 0 aromatic carbocycles. The van der Waals surface area contributed by atoms with Gasteiger partial charge in [-0.3, -0.25) is 4.79 Å². The molecule has 0 spiro atoms. The smallest absolute Gasteiger partial charge is 0.146 e. The summed E-state index contributed by atoms with van der Waals surface area (Å²) in [5.74, 6) is 0.889. The van der Waals surface area contributed by atoms with Gasteiger partial charge in [-0.05, 0) is 43.2 Å². The van der Waals surface area contributed by atoms with Crippen LogP contribution in [0, 0.1) is 0 Å². The minimum absolute atomic E-state index is 0.397. The van der Waals surface area contributed by atoms with Crippen LogP contribution >= 0.6 is 11.8 Å². The molecule has 0 aliphatic heterocycles. The van der Waals surface area contributed by atoms with Crippen LogP contribution in [0.1, 0.15) is 19.3 Å². The van der Waals surface area contributed by atoms with Crippen LogP contribution in [0.5, 0.6) is 0 Å². The van der Waals surface area contributed by atoms with E-state index in [1.165, 1.54) is 0 Å². The Balaban J connectivity index is 2.06. The van der Waals surface area contributed by atoms with E-state index in [-0.39, 0.29) is 0 Å². The van der Waals surface area contributed by atoms with Crippen LogP contribution in [0.15, 0.2) is 23.5 Å². The van der Waals surface area contributed by atoms with Crippen LogP contribution in [-0.4, -0.2) is 23.9 Å². The SMILES string of the molecule is CSC1C=C(OC2CC2)C=C(C=O)C1. The zero-order valence-corrected chi connectivity index (χ0v) is 9.05. The van der Waals surface area contributed by atoms with Crippen molar-refractivity contribution in [3.63, 3.8) is 0 Å². The Morgan fingerprint density at radius 2 is 2.36 bits per heavy atom. The van der Waals surface area contributed by atoms with Crippen LogP contribution in [0.25, 0.3) is 0 Å². The summed E-state index contributed by atoms with van der Waals surface area (Å²) in [4.78, 5) is 10.7. The van der Waals surface area contributed by atoms with Crippen molar-refractivity contribution in [1.82, 2.24) is 0 Å². The number of hydrogen-bond acceptors (Lipinski definition) is 3. The molecule has 14 heavy (non-hydrogen) atoms. The first-order chi connectivity index (χ1) is 6.81. The Morgan fingerprint density at radius 3 is 2.93 bits per heavy atom. The molecule has 2 aliphatic carbocycles. The number of allylic oxidation sites excluding steroid dienone is 2.